The van der Waals surface area contributed by atoms with Gasteiger partial charge in [-0.3, -0.25) is 4.57 Å². The molecule has 3 aromatic rings. The minimum absolute atomic E-state index is 0.168. The van der Waals surface area contributed by atoms with Gasteiger partial charge in [0.15, 0.2) is 11.5 Å². The molecule has 0 fully saturated rings. The van der Waals surface area contributed by atoms with Crippen LogP contribution in [0.25, 0.3) is 16.9 Å². The third-order valence-corrected chi connectivity index (χ3v) is 3.68. The summed E-state index contributed by atoms with van der Waals surface area (Å²) in [6.45, 7) is 2.24. The molecule has 0 bridgehead atoms. The normalized spacial score (nSPS) is 12.6. The Hall–Kier alpha value is -2.95. The maximum absolute atomic E-state index is 12.2. The second kappa shape index (κ2) is 4.80. The van der Waals surface area contributed by atoms with E-state index in [1.807, 2.05) is 49.4 Å². The maximum atomic E-state index is 12.2. The molecule has 0 amide bonds. The number of benzene rings is 2. The van der Waals surface area contributed by atoms with Crippen LogP contribution in [0.2, 0.25) is 0 Å². The molecule has 0 saturated heterocycles. The van der Waals surface area contributed by atoms with Crippen LogP contribution in [-0.2, 0) is 0 Å². The molecule has 1 N–H and O–H groups in total. The van der Waals surface area contributed by atoms with E-state index >= 15 is 0 Å². The summed E-state index contributed by atoms with van der Waals surface area (Å²) in [4.78, 5) is 15.1. The minimum Gasteiger partial charge on any atom is -0.454 e. The lowest BCUT2D eigenvalue weighted by Crippen LogP contribution is -2.13. The molecule has 0 spiro atoms. The molecule has 0 aliphatic carbocycles. The predicted molar refractivity (Wildman–Crippen MR) is 82.7 cm³/mol. The standard InChI is InChI=1S/C17H14N2O3/c1-11-3-2-4-13(7-11)19-9-14(18-17(19)20)12-5-6-15-16(8-12)22-10-21-15/h2-9H,10H2,1H3,(H,18,20). The van der Waals surface area contributed by atoms with Crippen LogP contribution in [0.15, 0.2) is 53.5 Å². The van der Waals surface area contributed by atoms with Crippen molar-refractivity contribution >= 4 is 0 Å². The highest BCUT2D eigenvalue weighted by Gasteiger charge is 2.15. The summed E-state index contributed by atoms with van der Waals surface area (Å²) in [6, 6.07) is 13.4. The first-order valence-electron chi connectivity index (χ1n) is 6.99. The number of imidazole rings is 1. The molecule has 1 aliphatic rings. The van der Waals surface area contributed by atoms with Crippen molar-refractivity contribution in [1.29, 1.82) is 0 Å². The zero-order chi connectivity index (χ0) is 15.1. The zero-order valence-electron chi connectivity index (χ0n) is 12.0. The molecule has 2 aromatic carbocycles. The Kier molecular flexibility index (Phi) is 2.79. The van der Waals surface area contributed by atoms with Gasteiger partial charge in [-0.1, -0.05) is 12.1 Å². The first-order valence-corrected chi connectivity index (χ1v) is 6.99. The summed E-state index contributed by atoms with van der Waals surface area (Å²) in [6.07, 6.45) is 1.80. The van der Waals surface area contributed by atoms with Crippen LogP contribution in [0, 0.1) is 6.92 Å². The van der Waals surface area contributed by atoms with Crippen LogP contribution in [0.4, 0.5) is 0 Å². The van der Waals surface area contributed by atoms with Gasteiger partial charge in [-0.15, -0.1) is 0 Å². The van der Waals surface area contributed by atoms with E-state index in [2.05, 4.69) is 4.98 Å². The van der Waals surface area contributed by atoms with Gasteiger partial charge in [0.2, 0.25) is 6.79 Å². The van der Waals surface area contributed by atoms with Crippen LogP contribution in [0.1, 0.15) is 5.56 Å². The summed E-state index contributed by atoms with van der Waals surface area (Å²) in [5, 5.41) is 0. The summed E-state index contributed by atoms with van der Waals surface area (Å²) in [5.41, 5.74) is 3.40. The Bertz CT molecular complexity index is 908. The second-order valence-electron chi connectivity index (χ2n) is 5.25. The number of ether oxygens (including phenoxy) is 2. The van der Waals surface area contributed by atoms with Gasteiger partial charge in [0.25, 0.3) is 0 Å². The number of fused-ring (bicyclic) bond motifs is 1. The fourth-order valence-corrected chi connectivity index (χ4v) is 2.58. The van der Waals surface area contributed by atoms with E-state index in [0.29, 0.717) is 5.75 Å². The van der Waals surface area contributed by atoms with E-state index in [1.54, 1.807) is 10.8 Å². The van der Waals surface area contributed by atoms with Crippen LogP contribution in [0.5, 0.6) is 11.5 Å². The van der Waals surface area contributed by atoms with E-state index in [4.69, 9.17) is 9.47 Å². The van der Waals surface area contributed by atoms with Gasteiger partial charge >= 0.3 is 5.69 Å². The van der Waals surface area contributed by atoms with Gasteiger partial charge in [-0.25, -0.2) is 4.79 Å². The first kappa shape index (κ1) is 12.8. The maximum Gasteiger partial charge on any atom is 0.330 e. The smallest absolute Gasteiger partial charge is 0.330 e. The van der Waals surface area contributed by atoms with Crippen LogP contribution >= 0.6 is 0 Å². The van der Waals surface area contributed by atoms with Crippen LogP contribution < -0.4 is 15.2 Å². The van der Waals surface area contributed by atoms with E-state index in [-0.39, 0.29) is 12.5 Å². The SMILES string of the molecule is Cc1cccc(-n2cc(-c3ccc4c(c3)OCO4)[nH]c2=O)c1. The Balaban J connectivity index is 1.79. The molecule has 110 valence electrons. The highest BCUT2D eigenvalue weighted by molar-refractivity contribution is 5.64. The van der Waals surface area contributed by atoms with Gasteiger partial charge in [0.05, 0.1) is 11.4 Å². The average Bonchev–Trinajstić information content (AvgIpc) is 3.12. The number of aromatic nitrogens is 2. The topological polar surface area (TPSA) is 56.2 Å². The molecule has 1 aromatic heterocycles. The quantitative estimate of drug-likeness (QED) is 0.790. The molecule has 5 nitrogen and oxygen atoms in total. The molecule has 0 unspecified atom stereocenters. The number of hydrogen-bond donors (Lipinski definition) is 1. The number of aryl methyl sites for hydroxylation is 1. The monoisotopic (exact) mass is 294 g/mol. The van der Waals surface area contributed by atoms with Gasteiger partial charge < -0.3 is 14.5 Å². The molecule has 0 radical (unpaired) electrons. The average molecular weight is 294 g/mol. The molecule has 2 heterocycles. The molecule has 0 saturated carbocycles. The largest absolute Gasteiger partial charge is 0.454 e. The van der Waals surface area contributed by atoms with E-state index < -0.39 is 0 Å². The fourth-order valence-electron chi connectivity index (χ4n) is 2.58. The Morgan fingerprint density at radius 2 is 1.95 bits per heavy atom. The van der Waals surface area contributed by atoms with Crippen LogP contribution in [0.3, 0.4) is 0 Å². The van der Waals surface area contributed by atoms with Gasteiger partial charge in [0, 0.05) is 11.8 Å². The predicted octanol–water partition coefficient (Wildman–Crippen LogP) is 2.87. The number of nitrogens with one attached hydrogen (secondary N) is 1. The second-order valence-corrected chi connectivity index (χ2v) is 5.25. The molecule has 1 aliphatic heterocycles. The highest BCUT2D eigenvalue weighted by atomic mass is 16.7. The number of nitrogens with zero attached hydrogens (tertiary/aromatic N) is 1. The number of aromatic amines is 1. The van der Waals surface area contributed by atoms with Crippen molar-refractivity contribution in [3.8, 4) is 28.4 Å². The van der Waals surface area contributed by atoms with Crippen LogP contribution in [-0.4, -0.2) is 16.3 Å². The lowest BCUT2D eigenvalue weighted by atomic mass is 10.1. The van der Waals surface area contributed by atoms with Crippen molar-refractivity contribution in [2.45, 2.75) is 6.92 Å². The van der Waals surface area contributed by atoms with Crippen molar-refractivity contribution in [3.05, 3.63) is 64.7 Å². The van der Waals surface area contributed by atoms with Gasteiger partial charge in [-0.2, -0.15) is 0 Å². The van der Waals surface area contributed by atoms with Crippen molar-refractivity contribution in [2.75, 3.05) is 6.79 Å². The molecule has 4 rings (SSSR count). The van der Waals surface area contributed by atoms with Gasteiger partial charge in [0.1, 0.15) is 0 Å². The highest BCUT2D eigenvalue weighted by Crippen LogP contribution is 2.35. The van der Waals surface area contributed by atoms with Crippen molar-refractivity contribution in [1.82, 2.24) is 9.55 Å². The molecule has 0 atom stereocenters. The lowest BCUT2D eigenvalue weighted by Gasteiger charge is -2.02. The fraction of sp³-hybridized carbons (Fsp3) is 0.118. The molecule has 22 heavy (non-hydrogen) atoms. The Morgan fingerprint density at radius 1 is 1.09 bits per heavy atom. The van der Waals surface area contributed by atoms with Crippen molar-refractivity contribution < 1.29 is 9.47 Å². The molecule has 5 heteroatoms. The minimum atomic E-state index is -0.168. The lowest BCUT2D eigenvalue weighted by molar-refractivity contribution is 0.174. The summed E-state index contributed by atoms with van der Waals surface area (Å²) in [7, 11) is 0. The first-order chi connectivity index (χ1) is 10.7. The van der Waals surface area contributed by atoms with E-state index in [9.17, 15) is 4.79 Å². The van der Waals surface area contributed by atoms with Gasteiger partial charge in [-0.05, 0) is 42.8 Å². The number of rotatable bonds is 2. The summed E-state index contributed by atoms with van der Waals surface area (Å²) >= 11 is 0. The number of H-pyrrole nitrogens is 1. The van der Waals surface area contributed by atoms with E-state index in [1.165, 1.54) is 0 Å². The summed E-state index contributed by atoms with van der Waals surface area (Å²) in [5.74, 6) is 1.42. The Morgan fingerprint density at radius 3 is 2.82 bits per heavy atom. The summed E-state index contributed by atoms with van der Waals surface area (Å²) < 4.78 is 12.3. The molecular weight excluding hydrogens is 280 g/mol. The third-order valence-electron chi connectivity index (χ3n) is 3.68. The van der Waals surface area contributed by atoms with E-state index in [0.717, 1.165) is 28.3 Å². The zero-order valence-corrected chi connectivity index (χ0v) is 12.0. The molecular formula is C17H14N2O3. The Labute approximate surface area is 126 Å². The number of hydrogen-bond acceptors (Lipinski definition) is 3. The van der Waals surface area contributed by atoms with Crippen molar-refractivity contribution in [3.63, 3.8) is 0 Å². The van der Waals surface area contributed by atoms with Crippen molar-refractivity contribution in [2.24, 2.45) is 0 Å². The third kappa shape index (κ3) is 2.07.